The smallest absolute Gasteiger partial charge is 0.161 e. The lowest BCUT2D eigenvalue weighted by atomic mass is 9.42. The molecule has 0 radical (unpaired) electrons. The number of allylic oxidation sites excluding steroid dienone is 1. The van der Waals surface area contributed by atoms with Gasteiger partial charge in [0, 0.05) is 56.5 Å². The minimum Gasteiger partial charge on any atom is -0.394 e. The summed E-state index contributed by atoms with van der Waals surface area (Å²) in [6.45, 7) is 13.3. The largest absolute Gasteiger partial charge is 0.394 e. The highest BCUT2D eigenvalue weighted by atomic mass is 16.7. The number of aliphatic hydroxyl groups excluding tert-OH is 5. The number of fused-ring (bicyclic) bond motifs is 5. The van der Waals surface area contributed by atoms with Gasteiger partial charge in [-0.1, -0.05) is 45.8 Å². The summed E-state index contributed by atoms with van der Waals surface area (Å²) in [4.78, 5) is 0. The van der Waals surface area contributed by atoms with E-state index in [1.54, 1.807) is 21.0 Å². The van der Waals surface area contributed by atoms with E-state index in [0.29, 0.717) is 69.3 Å². The highest BCUT2D eigenvalue weighted by Crippen LogP contribution is 2.69. The van der Waals surface area contributed by atoms with Crippen molar-refractivity contribution in [3.63, 3.8) is 0 Å². The molecule has 60 heavy (non-hydrogen) atoms. The molecule has 6 N–H and O–H groups in total. The SMILES string of the molecule is COC[C@@H]1C[C@H](O)C[C@H](O[C@H]2CCC3C(=CC[C@H]4C5CCC(CCC[C@@H](O[C@H]6C[C@@H](O)C[C@@H](CO[C@H]7C[C@@H](O)C[C@@H](CO)O7)O6)C(C)(C)O)[C@@]5(C)C[C@@H](O)[C@@]34C)C2(C)C)O1. The highest BCUT2D eigenvalue weighted by Gasteiger charge is 2.65. The molecule has 3 heterocycles. The first-order valence-electron chi connectivity index (χ1n) is 23.5. The average molecular weight is 853 g/mol. The zero-order valence-electron chi connectivity index (χ0n) is 37.6. The minimum atomic E-state index is -1.13. The summed E-state index contributed by atoms with van der Waals surface area (Å²) in [5.74, 6) is 1.67. The van der Waals surface area contributed by atoms with Gasteiger partial charge in [-0.15, -0.1) is 0 Å². The van der Waals surface area contributed by atoms with Crippen LogP contribution in [0.5, 0.6) is 0 Å². The molecule has 6 fully saturated rings. The molecule has 0 amide bonds. The Balaban J connectivity index is 0.947. The number of ether oxygens (including phenoxy) is 7. The zero-order valence-corrected chi connectivity index (χ0v) is 37.6. The summed E-state index contributed by atoms with van der Waals surface area (Å²) in [7, 11) is 1.65. The fourth-order valence-electron chi connectivity index (χ4n) is 13.4. The van der Waals surface area contributed by atoms with E-state index < -0.39 is 67.2 Å². The van der Waals surface area contributed by atoms with Gasteiger partial charge < -0.3 is 63.8 Å². The molecule has 0 aromatic carbocycles. The monoisotopic (exact) mass is 853 g/mol. The predicted molar refractivity (Wildman–Crippen MR) is 222 cm³/mol. The Morgan fingerprint density at radius 1 is 0.783 bits per heavy atom. The van der Waals surface area contributed by atoms with E-state index in [9.17, 15) is 30.6 Å². The van der Waals surface area contributed by atoms with Gasteiger partial charge in [-0.3, -0.25) is 0 Å². The van der Waals surface area contributed by atoms with Crippen molar-refractivity contribution >= 4 is 0 Å². The summed E-state index contributed by atoms with van der Waals surface area (Å²) in [6.07, 6.45) is 7.64. The van der Waals surface area contributed by atoms with E-state index in [2.05, 4.69) is 33.8 Å². The molecule has 3 saturated heterocycles. The van der Waals surface area contributed by atoms with Gasteiger partial charge in [-0.05, 0) is 94.3 Å². The molecule has 3 aliphatic heterocycles. The van der Waals surface area contributed by atoms with Crippen LogP contribution in [0.1, 0.15) is 138 Å². The molecule has 18 atom stereocenters. The van der Waals surface area contributed by atoms with Crippen molar-refractivity contribution in [3.8, 4) is 0 Å². The van der Waals surface area contributed by atoms with Crippen molar-refractivity contribution < 1.29 is 63.8 Å². The fraction of sp³-hybridized carbons (Fsp3) is 0.957. The quantitative estimate of drug-likeness (QED) is 0.119. The molecule has 0 spiro atoms. The Labute approximate surface area is 358 Å². The number of aliphatic hydroxyl groups is 6. The van der Waals surface area contributed by atoms with Crippen LogP contribution < -0.4 is 0 Å². The van der Waals surface area contributed by atoms with Crippen molar-refractivity contribution in [2.45, 2.75) is 217 Å². The van der Waals surface area contributed by atoms with Crippen molar-refractivity contribution in [3.05, 3.63) is 11.6 Å². The van der Waals surface area contributed by atoms with E-state index >= 15 is 0 Å². The number of rotatable bonds is 15. The molecule has 3 unspecified atom stereocenters. The van der Waals surface area contributed by atoms with Crippen LogP contribution in [0.25, 0.3) is 0 Å². The first kappa shape index (κ1) is 47.2. The lowest BCUT2D eigenvalue weighted by molar-refractivity contribution is -0.279. The lowest BCUT2D eigenvalue weighted by Crippen LogP contribution is -2.61. The summed E-state index contributed by atoms with van der Waals surface area (Å²) in [5, 5.41) is 64.7. The van der Waals surface area contributed by atoms with E-state index in [-0.39, 0.29) is 47.6 Å². The Morgan fingerprint density at radius 3 is 2.10 bits per heavy atom. The lowest BCUT2D eigenvalue weighted by Gasteiger charge is -2.63. The first-order valence-corrected chi connectivity index (χ1v) is 23.5. The normalized spacial score (nSPS) is 46.2. The summed E-state index contributed by atoms with van der Waals surface area (Å²) < 4.78 is 42.6. The number of hydrogen-bond acceptors (Lipinski definition) is 13. The van der Waals surface area contributed by atoms with Crippen LogP contribution in [0.3, 0.4) is 0 Å². The highest BCUT2D eigenvalue weighted by molar-refractivity contribution is 5.30. The van der Waals surface area contributed by atoms with Crippen LogP contribution in [0.2, 0.25) is 0 Å². The molecule has 0 bridgehead atoms. The topological polar surface area (TPSA) is 186 Å². The second kappa shape index (κ2) is 19.0. The third-order valence-corrected chi connectivity index (χ3v) is 16.7. The molecule has 3 saturated carbocycles. The molecule has 0 aromatic rings. The average Bonchev–Trinajstić information content (AvgIpc) is 3.48. The van der Waals surface area contributed by atoms with Crippen LogP contribution in [0.4, 0.5) is 0 Å². The van der Waals surface area contributed by atoms with Crippen LogP contribution in [0, 0.1) is 39.9 Å². The zero-order chi connectivity index (χ0) is 43.2. The van der Waals surface area contributed by atoms with Gasteiger partial charge in [0.05, 0.1) is 80.4 Å². The standard InChI is InChI=1S/C47H80O13/c1-44(2)34-13-14-37-35-12-11-27(46(35,5)23-38(52)47(37,6)36(34)15-16-39(44)59-42-21-29(50)18-32(57-42)25-54-7)9-8-10-40(45(3,4)53)60-43-22-30(51)19-33(58-43)26-55-41-20-28(49)17-31(24-48)56-41/h13,27-33,35-43,48-53H,8-12,14-26H2,1-7H3/t27?,28-,29-,30-,31-,32-,33-,35?,36?,37-,38+,39-,40+,41+,42-,43-,46+,47-/m0/s1. The summed E-state index contributed by atoms with van der Waals surface area (Å²) >= 11 is 0. The van der Waals surface area contributed by atoms with E-state index in [1.807, 2.05) is 0 Å². The van der Waals surface area contributed by atoms with Crippen LogP contribution in [0.15, 0.2) is 11.6 Å². The molecule has 7 aliphatic rings. The molecule has 13 nitrogen and oxygen atoms in total. The van der Waals surface area contributed by atoms with Gasteiger partial charge in [-0.25, -0.2) is 0 Å². The molecule has 13 heteroatoms. The summed E-state index contributed by atoms with van der Waals surface area (Å²) in [5.41, 5.74) is -0.139. The Bertz CT molecular complexity index is 1440. The Kier molecular flexibility index (Phi) is 14.9. The predicted octanol–water partition coefficient (Wildman–Crippen LogP) is 5.14. The number of hydrogen-bond donors (Lipinski definition) is 6. The van der Waals surface area contributed by atoms with Crippen molar-refractivity contribution in [1.82, 2.24) is 0 Å². The summed E-state index contributed by atoms with van der Waals surface area (Å²) in [6, 6.07) is 0. The van der Waals surface area contributed by atoms with Crippen LogP contribution in [-0.4, -0.2) is 137 Å². The molecule has 346 valence electrons. The van der Waals surface area contributed by atoms with Crippen LogP contribution >= 0.6 is 0 Å². The molecule has 4 aliphatic carbocycles. The third-order valence-electron chi connectivity index (χ3n) is 16.7. The maximum Gasteiger partial charge on any atom is 0.161 e. The van der Waals surface area contributed by atoms with E-state index in [0.717, 1.165) is 51.4 Å². The third kappa shape index (κ3) is 9.89. The number of methoxy groups -OCH3 is 1. The Hall–Kier alpha value is -0.780. The van der Waals surface area contributed by atoms with Gasteiger partial charge in [0.15, 0.2) is 18.9 Å². The maximum absolute atomic E-state index is 12.4. The van der Waals surface area contributed by atoms with Gasteiger partial charge in [-0.2, -0.15) is 0 Å². The van der Waals surface area contributed by atoms with Gasteiger partial charge in [0.1, 0.15) is 0 Å². The van der Waals surface area contributed by atoms with E-state index in [4.69, 9.17) is 33.2 Å². The fourth-order valence-corrected chi connectivity index (χ4v) is 13.4. The molecule has 0 aromatic heterocycles. The second-order valence-corrected chi connectivity index (χ2v) is 21.6. The van der Waals surface area contributed by atoms with Gasteiger partial charge >= 0.3 is 0 Å². The van der Waals surface area contributed by atoms with Crippen molar-refractivity contribution in [2.24, 2.45) is 39.9 Å². The second-order valence-electron chi connectivity index (χ2n) is 21.6. The van der Waals surface area contributed by atoms with Crippen molar-refractivity contribution in [2.75, 3.05) is 26.9 Å². The first-order chi connectivity index (χ1) is 28.3. The van der Waals surface area contributed by atoms with E-state index in [1.165, 1.54) is 5.57 Å². The molecular formula is C47H80O13. The Morgan fingerprint density at radius 2 is 1.42 bits per heavy atom. The van der Waals surface area contributed by atoms with Gasteiger partial charge in [0.25, 0.3) is 0 Å². The molecular weight excluding hydrogens is 773 g/mol. The van der Waals surface area contributed by atoms with Crippen molar-refractivity contribution in [1.29, 1.82) is 0 Å². The van der Waals surface area contributed by atoms with Crippen LogP contribution in [-0.2, 0) is 33.2 Å². The maximum atomic E-state index is 12.4. The molecule has 7 rings (SSSR count). The minimum absolute atomic E-state index is 0.0207. The van der Waals surface area contributed by atoms with Gasteiger partial charge in [0.2, 0.25) is 0 Å².